The maximum absolute atomic E-state index is 12.8. The predicted molar refractivity (Wildman–Crippen MR) is 135 cm³/mol. The quantitative estimate of drug-likeness (QED) is 0.327. The number of hydrogen-bond acceptors (Lipinski definition) is 4. The van der Waals surface area contributed by atoms with Crippen LogP contribution >= 0.6 is 11.6 Å². The summed E-state index contributed by atoms with van der Waals surface area (Å²) in [6, 6.07) is 23.0. The van der Waals surface area contributed by atoms with Gasteiger partial charge < -0.3 is 9.15 Å². The maximum atomic E-state index is 12.8. The molecule has 4 aromatic rings. The first-order valence-electron chi connectivity index (χ1n) is 11.9. The third kappa shape index (κ3) is 3.81. The van der Waals surface area contributed by atoms with Crippen molar-refractivity contribution in [3.8, 4) is 5.75 Å². The molecule has 0 N–H and O–H groups in total. The van der Waals surface area contributed by atoms with Crippen LogP contribution in [0.5, 0.6) is 5.75 Å². The van der Waals surface area contributed by atoms with Crippen molar-refractivity contribution in [1.82, 2.24) is 4.90 Å². The van der Waals surface area contributed by atoms with Crippen molar-refractivity contribution in [2.45, 2.75) is 38.1 Å². The maximum Gasteiger partial charge on any atom is 0.339 e. The molecule has 172 valence electrons. The minimum absolute atomic E-state index is 0.192. The summed E-state index contributed by atoms with van der Waals surface area (Å²) in [7, 11) is 0. The normalized spacial score (nSPS) is 15.7. The van der Waals surface area contributed by atoms with Crippen LogP contribution in [-0.2, 0) is 19.4 Å². The molecule has 1 aliphatic heterocycles. The van der Waals surface area contributed by atoms with Gasteiger partial charge in [-0.05, 0) is 48.4 Å². The molecule has 0 atom stereocenters. The standard InChI is InChI=1S/C29H26ClNO3/c30-26-15-23-21-13-7-8-14-22(21)29(32)34-27(23)25-17-31(18-33-28(25)26)16-24(19-9-3-1-4-10-19)20-11-5-2-6-12-20/h1-6,9-12,15,24H,7-8,13-14,16-18H2. The molecule has 0 saturated carbocycles. The van der Waals surface area contributed by atoms with Crippen molar-refractivity contribution in [2.24, 2.45) is 0 Å². The van der Waals surface area contributed by atoms with Gasteiger partial charge in [0, 0.05) is 30.0 Å². The Morgan fingerprint density at radius 1 is 0.882 bits per heavy atom. The molecule has 0 spiro atoms. The number of rotatable bonds is 4. The second-order valence-corrected chi connectivity index (χ2v) is 9.66. The monoisotopic (exact) mass is 471 g/mol. The summed E-state index contributed by atoms with van der Waals surface area (Å²) >= 11 is 6.69. The fraction of sp³-hybridized carbons (Fsp3) is 0.276. The summed E-state index contributed by atoms with van der Waals surface area (Å²) in [5, 5.41) is 1.55. The number of aryl methyl sites for hydroxylation is 1. The molecule has 0 unspecified atom stereocenters. The van der Waals surface area contributed by atoms with E-state index in [0.29, 0.717) is 29.6 Å². The Balaban J connectivity index is 1.40. The predicted octanol–water partition coefficient (Wildman–Crippen LogP) is 6.31. The fourth-order valence-electron chi connectivity index (χ4n) is 5.46. The zero-order chi connectivity index (χ0) is 23.1. The van der Waals surface area contributed by atoms with Crippen LogP contribution in [0.2, 0.25) is 5.02 Å². The van der Waals surface area contributed by atoms with Gasteiger partial charge in [0.15, 0.2) is 0 Å². The number of benzene rings is 3. The molecule has 5 heteroatoms. The zero-order valence-corrected chi connectivity index (χ0v) is 19.7. The second kappa shape index (κ2) is 8.94. The molecule has 4 nitrogen and oxygen atoms in total. The second-order valence-electron chi connectivity index (χ2n) is 9.26. The Morgan fingerprint density at radius 2 is 1.53 bits per heavy atom. The van der Waals surface area contributed by atoms with Gasteiger partial charge in [0.1, 0.15) is 18.1 Å². The lowest BCUT2D eigenvalue weighted by Gasteiger charge is -2.33. The molecule has 1 aromatic heterocycles. The number of ether oxygens (including phenoxy) is 1. The summed E-state index contributed by atoms with van der Waals surface area (Å²) in [5.74, 6) is 0.832. The van der Waals surface area contributed by atoms with Gasteiger partial charge >= 0.3 is 5.63 Å². The Hall–Kier alpha value is -3.08. The van der Waals surface area contributed by atoms with Crippen molar-refractivity contribution in [3.63, 3.8) is 0 Å². The van der Waals surface area contributed by atoms with E-state index in [1.54, 1.807) is 0 Å². The molecule has 3 aromatic carbocycles. The zero-order valence-electron chi connectivity index (χ0n) is 18.9. The Morgan fingerprint density at radius 3 is 2.21 bits per heavy atom. The van der Waals surface area contributed by atoms with Crippen LogP contribution in [-0.4, -0.2) is 18.2 Å². The number of fused-ring (bicyclic) bond motifs is 5. The third-order valence-corrected chi connectivity index (χ3v) is 7.41. The van der Waals surface area contributed by atoms with Crippen molar-refractivity contribution in [2.75, 3.05) is 13.3 Å². The lowest BCUT2D eigenvalue weighted by atomic mass is 9.89. The first-order valence-corrected chi connectivity index (χ1v) is 12.3. The summed E-state index contributed by atoms with van der Waals surface area (Å²) in [6.07, 6.45) is 3.78. The molecule has 2 heterocycles. The van der Waals surface area contributed by atoms with E-state index in [4.69, 9.17) is 20.8 Å². The van der Waals surface area contributed by atoms with Gasteiger partial charge in [0.05, 0.1) is 10.6 Å². The van der Waals surface area contributed by atoms with E-state index in [9.17, 15) is 4.79 Å². The van der Waals surface area contributed by atoms with Gasteiger partial charge in [-0.2, -0.15) is 0 Å². The average molecular weight is 472 g/mol. The van der Waals surface area contributed by atoms with Gasteiger partial charge in [-0.1, -0.05) is 72.3 Å². The van der Waals surface area contributed by atoms with Crippen LogP contribution in [0.25, 0.3) is 11.0 Å². The van der Waals surface area contributed by atoms with E-state index in [1.807, 2.05) is 18.2 Å². The first kappa shape index (κ1) is 21.5. The average Bonchev–Trinajstić information content (AvgIpc) is 2.89. The number of hydrogen-bond donors (Lipinski definition) is 0. The summed E-state index contributed by atoms with van der Waals surface area (Å²) in [4.78, 5) is 15.1. The van der Waals surface area contributed by atoms with E-state index in [1.165, 1.54) is 11.1 Å². The minimum Gasteiger partial charge on any atom is -0.476 e. The molecule has 0 amide bonds. The van der Waals surface area contributed by atoms with E-state index >= 15 is 0 Å². The highest BCUT2D eigenvalue weighted by Crippen LogP contribution is 2.41. The lowest BCUT2D eigenvalue weighted by molar-refractivity contribution is 0.0926. The van der Waals surface area contributed by atoms with E-state index in [2.05, 4.69) is 53.4 Å². The molecular weight excluding hydrogens is 446 g/mol. The Kier molecular flexibility index (Phi) is 5.64. The van der Waals surface area contributed by atoms with Gasteiger partial charge in [-0.25, -0.2) is 4.79 Å². The molecule has 0 fully saturated rings. The van der Waals surface area contributed by atoms with Crippen LogP contribution in [0, 0.1) is 0 Å². The number of halogens is 1. The van der Waals surface area contributed by atoms with Gasteiger partial charge in [-0.15, -0.1) is 0 Å². The first-order chi connectivity index (χ1) is 16.7. The molecule has 0 saturated heterocycles. The lowest BCUT2D eigenvalue weighted by Crippen LogP contribution is -2.36. The minimum atomic E-state index is -0.213. The van der Waals surface area contributed by atoms with Gasteiger partial charge in [0.25, 0.3) is 0 Å². The van der Waals surface area contributed by atoms with Crippen molar-refractivity contribution in [1.29, 1.82) is 0 Å². The molecule has 1 aliphatic carbocycles. The molecule has 0 radical (unpaired) electrons. The summed E-state index contributed by atoms with van der Waals surface area (Å²) < 4.78 is 12.1. The summed E-state index contributed by atoms with van der Waals surface area (Å²) in [6.45, 7) is 1.82. The SMILES string of the molecule is O=c1oc2c3c(c(Cl)cc2c2c1CCCC2)OCN(CC(c1ccccc1)c1ccccc1)C3. The largest absolute Gasteiger partial charge is 0.476 e. The van der Waals surface area contributed by atoms with Gasteiger partial charge in [-0.3, -0.25) is 4.90 Å². The van der Waals surface area contributed by atoms with Crippen molar-refractivity contribution in [3.05, 3.63) is 110 Å². The molecule has 6 rings (SSSR count). The topological polar surface area (TPSA) is 42.7 Å². The van der Waals surface area contributed by atoms with E-state index in [-0.39, 0.29) is 11.5 Å². The van der Waals surface area contributed by atoms with Crippen LogP contribution in [0.3, 0.4) is 0 Å². The van der Waals surface area contributed by atoms with Crippen LogP contribution in [0.1, 0.15) is 46.6 Å². The van der Waals surface area contributed by atoms with Crippen LogP contribution < -0.4 is 10.4 Å². The van der Waals surface area contributed by atoms with Crippen LogP contribution in [0.4, 0.5) is 0 Å². The Bertz CT molecular complexity index is 1360. The third-order valence-electron chi connectivity index (χ3n) is 7.13. The highest BCUT2D eigenvalue weighted by molar-refractivity contribution is 6.33. The van der Waals surface area contributed by atoms with Gasteiger partial charge in [0.2, 0.25) is 0 Å². The van der Waals surface area contributed by atoms with E-state index in [0.717, 1.165) is 54.3 Å². The van der Waals surface area contributed by atoms with E-state index < -0.39 is 0 Å². The molecule has 0 bridgehead atoms. The fourth-order valence-corrected chi connectivity index (χ4v) is 5.74. The van der Waals surface area contributed by atoms with Crippen molar-refractivity contribution >= 4 is 22.6 Å². The molecular formula is C29H26ClNO3. The highest BCUT2D eigenvalue weighted by atomic mass is 35.5. The van der Waals surface area contributed by atoms with Crippen LogP contribution in [0.15, 0.2) is 75.9 Å². The summed E-state index contributed by atoms with van der Waals surface area (Å²) in [5.41, 5.74) is 5.73. The smallest absolute Gasteiger partial charge is 0.339 e. The Labute approximate surface area is 203 Å². The van der Waals surface area contributed by atoms with Crippen molar-refractivity contribution < 1.29 is 9.15 Å². The number of nitrogens with zero attached hydrogens (tertiary/aromatic N) is 1. The molecule has 2 aliphatic rings. The molecule has 34 heavy (non-hydrogen) atoms. The highest BCUT2D eigenvalue weighted by Gasteiger charge is 2.29.